The second-order valence-corrected chi connectivity index (χ2v) is 4.24. The van der Waals surface area contributed by atoms with E-state index in [4.69, 9.17) is 9.15 Å². The van der Waals surface area contributed by atoms with Crippen LogP contribution in [0.5, 0.6) is 5.75 Å². The van der Waals surface area contributed by atoms with E-state index >= 15 is 0 Å². The van der Waals surface area contributed by atoms with Crippen molar-refractivity contribution in [3.05, 3.63) is 40.4 Å². The molecule has 21 heavy (non-hydrogen) atoms. The predicted octanol–water partition coefficient (Wildman–Crippen LogP) is 2.76. The third-order valence-electron chi connectivity index (χ3n) is 2.82. The number of nitro benzene ring substituents is 1. The molecule has 2 rings (SSSR count). The molecule has 0 radical (unpaired) electrons. The molecule has 0 amide bonds. The van der Waals surface area contributed by atoms with Crippen LogP contribution in [-0.4, -0.2) is 23.1 Å². The van der Waals surface area contributed by atoms with Crippen LogP contribution in [0.25, 0.3) is 11.3 Å². The molecule has 1 aromatic carbocycles. The lowest BCUT2D eigenvalue weighted by Gasteiger charge is -2.08. The molecule has 0 unspecified atom stereocenters. The summed E-state index contributed by atoms with van der Waals surface area (Å²) in [5, 5.41) is 14.2. The van der Waals surface area contributed by atoms with E-state index < -0.39 is 4.92 Å². The van der Waals surface area contributed by atoms with Gasteiger partial charge in [0, 0.05) is 6.07 Å². The molecule has 0 saturated heterocycles. The quantitative estimate of drug-likeness (QED) is 0.623. The summed E-state index contributed by atoms with van der Waals surface area (Å²) >= 11 is 0. The standard InChI is InChI=1S/C14H17N3O4/c1-3-15-9-13-16-8-12(21-13)10-6-5-7-11(17(18)19)14(10)20-4-2/h5-8,15H,3-4,9H2,1-2H3. The Morgan fingerprint density at radius 2 is 2.24 bits per heavy atom. The van der Waals surface area contributed by atoms with Gasteiger partial charge in [-0.25, -0.2) is 4.98 Å². The van der Waals surface area contributed by atoms with E-state index in [0.29, 0.717) is 30.4 Å². The highest BCUT2D eigenvalue weighted by molar-refractivity contribution is 5.71. The Bertz CT molecular complexity index is 624. The van der Waals surface area contributed by atoms with Gasteiger partial charge in [0.05, 0.1) is 29.8 Å². The number of rotatable bonds is 7. The first-order valence-corrected chi connectivity index (χ1v) is 6.73. The van der Waals surface area contributed by atoms with E-state index in [0.717, 1.165) is 6.54 Å². The first kappa shape index (κ1) is 15.0. The summed E-state index contributed by atoms with van der Waals surface area (Å²) in [6.07, 6.45) is 1.55. The largest absolute Gasteiger partial charge is 0.487 e. The zero-order valence-electron chi connectivity index (χ0n) is 12.0. The van der Waals surface area contributed by atoms with Gasteiger partial charge in [-0.2, -0.15) is 0 Å². The van der Waals surface area contributed by atoms with Crippen molar-refractivity contribution in [1.29, 1.82) is 0 Å². The first-order chi connectivity index (χ1) is 10.2. The van der Waals surface area contributed by atoms with Crippen LogP contribution < -0.4 is 10.1 Å². The van der Waals surface area contributed by atoms with Crippen LogP contribution in [0.3, 0.4) is 0 Å². The fourth-order valence-corrected chi connectivity index (χ4v) is 1.91. The highest BCUT2D eigenvalue weighted by Crippen LogP contribution is 2.38. The van der Waals surface area contributed by atoms with Gasteiger partial charge in [-0.15, -0.1) is 0 Å². The SMILES string of the molecule is CCNCc1ncc(-c2cccc([N+](=O)[O-])c2OCC)o1. The fourth-order valence-electron chi connectivity index (χ4n) is 1.91. The third kappa shape index (κ3) is 3.38. The third-order valence-corrected chi connectivity index (χ3v) is 2.82. The lowest BCUT2D eigenvalue weighted by atomic mass is 10.1. The summed E-state index contributed by atoms with van der Waals surface area (Å²) in [7, 11) is 0. The van der Waals surface area contributed by atoms with E-state index in [2.05, 4.69) is 10.3 Å². The molecular formula is C14H17N3O4. The van der Waals surface area contributed by atoms with Crippen LogP contribution in [0.1, 0.15) is 19.7 Å². The van der Waals surface area contributed by atoms with Crippen LogP contribution in [0, 0.1) is 10.1 Å². The summed E-state index contributed by atoms with van der Waals surface area (Å²) in [4.78, 5) is 14.8. The van der Waals surface area contributed by atoms with E-state index in [1.54, 1.807) is 25.3 Å². The van der Waals surface area contributed by atoms with E-state index in [1.165, 1.54) is 6.07 Å². The highest BCUT2D eigenvalue weighted by Gasteiger charge is 2.21. The molecule has 1 aromatic heterocycles. The van der Waals surface area contributed by atoms with Crippen molar-refractivity contribution < 1.29 is 14.1 Å². The van der Waals surface area contributed by atoms with Crippen molar-refractivity contribution in [3.63, 3.8) is 0 Å². The van der Waals surface area contributed by atoms with Crippen molar-refractivity contribution in [1.82, 2.24) is 10.3 Å². The lowest BCUT2D eigenvalue weighted by Crippen LogP contribution is -2.11. The van der Waals surface area contributed by atoms with Crippen molar-refractivity contribution in [3.8, 4) is 17.1 Å². The van der Waals surface area contributed by atoms with E-state index in [1.807, 2.05) is 6.92 Å². The zero-order chi connectivity index (χ0) is 15.2. The Hall–Kier alpha value is -2.41. The van der Waals surface area contributed by atoms with Crippen LogP contribution in [0.2, 0.25) is 0 Å². The summed E-state index contributed by atoms with van der Waals surface area (Å²) in [6.45, 7) is 5.40. The van der Waals surface area contributed by atoms with Crippen molar-refractivity contribution in [2.24, 2.45) is 0 Å². The van der Waals surface area contributed by atoms with E-state index in [9.17, 15) is 10.1 Å². The number of ether oxygens (including phenoxy) is 1. The number of para-hydroxylation sites is 1. The molecule has 0 spiro atoms. The van der Waals surface area contributed by atoms with Gasteiger partial charge in [-0.3, -0.25) is 10.1 Å². The second-order valence-electron chi connectivity index (χ2n) is 4.24. The minimum absolute atomic E-state index is 0.0843. The average molecular weight is 291 g/mol. The van der Waals surface area contributed by atoms with Crippen molar-refractivity contribution >= 4 is 5.69 Å². The van der Waals surface area contributed by atoms with Crippen LogP contribution in [0.15, 0.2) is 28.8 Å². The Balaban J connectivity index is 2.40. The molecule has 1 N–H and O–H groups in total. The fraction of sp³-hybridized carbons (Fsp3) is 0.357. The van der Waals surface area contributed by atoms with Crippen molar-refractivity contribution in [2.75, 3.05) is 13.2 Å². The molecule has 0 fully saturated rings. The summed E-state index contributed by atoms with van der Waals surface area (Å²) in [5.41, 5.74) is 0.445. The molecular weight excluding hydrogens is 274 g/mol. The Kier molecular flexibility index (Phi) is 4.89. The number of nitro groups is 1. The van der Waals surface area contributed by atoms with Gasteiger partial charge in [0.25, 0.3) is 0 Å². The molecule has 0 atom stereocenters. The molecule has 0 aliphatic heterocycles. The smallest absolute Gasteiger partial charge is 0.311 e. The normalized spacial score (nSPS) is 10.6. The Morgan fingerprint density at radius 3 is 2.90 bits per heavy atom. The Morgan fingerprint density at radius 1 is 1.43 bits per heavy atom. The molecule has 0 bridgehead atoms. The summed E-state index contributed by atoms with van der Waals surface area (Å²) in [6, 6.07) is 4.72. The van der Waals surface area contributed by atoms with Gasteiger partial charge in [0.2, 0.25) is 11.6 Å². The Labute approximate surface area is 122 Å². The topological polar surface area (TPSA) is 90.4 Å². The molecule has 0 aliphatic carbocycles. The minimum Gasteiger partial charge on any atom is -0.487 e. The van der Waals surface area contributed by atoms with Gasteiger partial charge in [-0.05, 0) is 19.5 Å². The minimum atomic E-state index is -0.468. The van der Waals surface area contributed by atoms with Gasteiger partial charge in [0.1, 0.15) is 0 Å². The zero-order valence-corrected chi connectivity index (χ0v) is 12.0. The molecule has 0 saturated carbocycles. The lowest BCUT2D eigenvalue weighted by molar-refractivity contribution is -0.385. The first-order valence-electron chi connectivity index (χ1n) is 6.73. The summed E-state index contributed by atoms with van der Waals surface area (Å²) < 4.78 is 11.0. The van der Waals surface area contributed by atoms with Crippen LogP contribution in [-0.2, 0) is 6.54 Å². The molecule has 7 nitrogen and oxygen atoms in total. The number of benzene rings is 1. The number of hydrogen-bond donors (Lipinski definition) is 1. The average Bonchev–Trinajstić information content (AvgIpc) is 2.94. The van der Waals surface area contributed by atoms with Gasteiger partial charge < -0.3 is 14.5 Å². The maximum Gasteiger partial charge on any atom is 0.311 e. The molecule has 112 valence electrons. The number of aromatic nitrogens is 1. The predicted molar refractivity (Wildman–Crippen MR) is 77.1 cm³/mol. The second kappa shape index (κ2) is 6.85. The number of nitrogens with zero attached hydrogens (tertiary/aromatic N) is 2. The molecule has 0 aliphatic rings. The highest BCUT2D eigenvalue weighted by atomic mass is 16.6. The molecule has 7 heteroatoms. The van der Waals surface area contributed by atoms with Crippen molar-refractivity contribution in [2.45, 2.75) is 20.4 Å². The maximum atomic E-state index is 11.1. The number of hydrogen-bond acceptors (Lipinski definition) is 6. The molecule has 1 heterocycles. The number of nitrogens with one attached hydrogen (secondary N) is 1. The van der Waals surface area contributed by atoms with Gasteiger partial charge >= 0.3 is 5.69 Å². The van der Waals surface area contributed by atoms with Gasteiger partial charge in [-0.1, -0.05) is 13.0 Å². The van der Waals surface area contributed by atoms with Crippen LogP contribution >= 0.6 is 0 Å². The van der Waals surface area contributed by atoms with Crippen LogP contribution in [0.4, 0.5) is 5.69 Å². The number of oxazole rings is 1. The molecule has 2 aromatic rings. The monoisotopic (exact) mass is 291 g/mol. The summed E-state index contributed by atoms with van der Waals surface area (Å²) in [5.74, 6) is 1.19. The van der Waals surface area contributed by atoms with E-state index in [-0.39, 0.29) is 11.4 Å². The van der Waals surface area contributed by atoms with Gasteiger partial charge in [0.15, 0.2) is 5.76 Å². The maximum absolute atomic E-state index is 11.1.